The van der Waals surface area contributed by atoms with E-state index in [1.54, 1.807) is 12.1 Å². The van der Waals surface area contributed by atoms with Crippen LogP contribution in [0.3, 0.4) is 0 Å². The topological polar surface area (TPSA) is 24.7 Å². The number of azo groups is 1. The van der Waals surface area contributed by atoms with E-state index in [9.17, 15) is 0 Å². The van der Waals surface area contributed by atoms with Gasteiger partial charge in [0.2, 0.25) is 0 Å². The van der Waals surface area contributed by atoms with Gasteiger partial charge in [0.15, 0.2) is 5.00 Å². The number of halogens is 2. The second-order valence-electron chi connectivity index (χ2n) is 4.80. The molecule has 0 saturated heterocycles. The van der Waals surface area contributed by atoms with Crippen LogP contribution in [0.1, 0.15) is 18.9 Å². The third-order valence-electron chi connectivity index (χ3n) is 2.91. The Morgan fingerprint density at radius 2 is 1.65 bits per heavy atom. The van der Waals surface area contributed by atoms with Crippen LogP contribution in [0.4, 0.5) is 5.69 Å². The van der Waals surface area contributed by atoms with E-state index < -0.39 is 5.00 Å². The summed E-state index contributed by atoms with van der Waals surface area (Å²) in [5.74, 6) is 0. The van der Waals surface area contributed by atoms with Gasteiger partial charge in [0.1, 0.15) is 0 Å². The zero-order valence-corrected chi connectivity index (χ0v) is 12.8. The Labute approximate surface area is 129 Å². The van der Waals surface area contributed by atoms with Crippen LogP contribution >= 0.6 is 23.2 Å². The van der Waals surface area contributed by atoms with Gasteiger partial charge in [0, 0.05) is 5.02 Å². The highest BCUT2D eigenvalue weighted by atomic mass is 35.5. The SMILES string of the molecule is CC(Cl)(CCc1ccccc1)N=Nc1ccc(Cl)cc1. The van der Waals surface area contributed by atoms with Crippen molar-refractivity contribution in [2.45, 2.75) is 24.8 Å². The van der Waals surface area contributed by atoms with Crippen molar-refractivity contribution < 1.29 is 0 Å². The third kappa shape index (κ3) is 4.95. The number of hydrogen-bond acceptors (Lipinski definition) is 2. The molecule has 20 heavy (non-hydrogen) atoms. The standard InChI is InChI=1S/C16H16Cl2N2/c1-16(18,12-11-13-5-3-2-4-6-13)20-19-15-9-7-14(17)8-10-15/h2-10H,11-12H2,1H3. The van der Waals surface area contributed by atoms with Crippen molar-refractivity contribution in [3.8, 4) is 0 Å². The molecule has 0 aliphatic heterocycles. The van der Waals surface area contributed by atoms with Gasteiger partial charge in [-0.05, 0) is 49.6 Å². The molecule has 2 rings (SSSR count). The molecule has 0 spiro atoms. The van der Waals surface area contributed by atoms with E-state index >= 15 is 0 Å². The minimum absolute atomic E-state index is 0.682. The molecule has 1 atom stereocenters. The summed E-state index contributed by atoms with van der Waals surface area (Å²) in [5, 5.41) is 9.07. The quantitative estimate of drug-likeness (QED) is 0.367. The van der Waals surface area contributed by atoms with Crippen molar-refractivity contribution in [2.24, 2.45) is 10.2 Å². The maximum absolute atomic E-state index is 6.38. The normalized spacial score (nSPS) is 14.3. The van der Waals surface area contributed by atoms with E-state index in [1.807, 2.05) is 37.3 Å². The second-order valence-corrected chi connectivity index (χ2v) is 6.06. The molecule has 1 unspecified atom stereocenters. The first kappa shape index (κ1) is 15.0. The van der Waals surface area contributed by atoms with Crippen LogP contribution in [0.5, 0.6) is 0 Å². The van der Waals surface area contributed by atoms with Gasteiger partial charge in [0.05, 0.1) is 5.69 Å². The lowest BCUT2D eigenvalue weighted by atomic mass is 10.1. The minimum atomic E-state index is -0.699. The number of benzene rings is 2. The maximum Gasteiger partial charge on any atom is 0.152 e. The Kier molecular flexibility index (Phi) is 5.16. The molecule has 2 nitrogen and oxygen atoms in total. The Morgan fingerprint density at radius 1 is 1.00 bits per heavy atom. The minimum Gasteiger partial charge on any atom is -0.166 e. The smallest absolute Gasteiger partial charge is 0.152 e. The molecule has 104 valence electrons. The third-order valence-corrected chi connectivity index (χ3v) is 3.43. The van der Waals surface area contributed by atoms with Crippen LogP contribution in [-0.4, -0.2) is 5.00 Å². The summed E-state index contributed by atoms with van der Waals surface area (Å²) < 4.78 is 0. The molecule has 4 heteroatoms. The molecule has 2 aromatic carbocycles. The van der Waals surface area contributed by atoms with Crippen molar-refractivity contribution >= 4 is 28.9 Å². The Hall–Kier alpha value is -1.38. The van der Waals surface area contributed by atoms with Crippen molar-refractivity contribution in [3.63, 3.8) is 0 Å². The molecule has 0 fully saturated rings. The van der Waals surface area contributed by atoms with Gasteiger partial charge >= 0.3 is 0 Å². The van der Waals surface area contributed by atoms with Crippen LogP contribution in [-0.2, 0) is 6.42 Å². The van der Waals surface area contributed by atoms with Crippen molar-refractivity contribution in [3.05, 3.63) is 65.2 Å². The average molecular weight is 307 g/mol. The van der Waals surface area contributed by atoms with Crippen LogP contribution in [0.25, 0.3) is 0 Å². The van der Waals surface area contributed by atoms with Gasteiger partial charge in [-0.15, -0.1) is 0 Å². The predicted molar refractivity (Wildman–Crippen MR) is 85.0 cm³/mol. The summed E-state index contributed by atoms with van der Waals surface area (Å²) in [7, 11) is 0. The van der Waals surface area contributed by atoms with Gasteiger partial charge in [-0.2, -0.15) is 10.2 Å². The number of hydrogen-bond donors (Lipinski definition) is 0. The van der Waals surface area contributed by atoms with E-state index in [4.69, 9.17) is 23.2 Å². The Bertz CT molecular complexity index is 563. The molecule has 0 aromatic heterocycles. The zero-order valence-electron chi connectivity index (χ0n) is 11.3. The van der Waals surface area contributed by atoms with E-state index in [-0.39, 0.29) is 0 Å². The lowest BCUT2D eigenvalue weighted by molar-refractivity contribution is 0.575. The summed E-state index contributed by atoms with van der Waals surface area (Å²) in [6.07, 6.45) is 1.61. The first-order valence-electron chi connectivity index (χ1n) is 6.46. The summed E-state index contributed by atoms with van der Waals surface area (Å²) in [5.41, 5.74) is 2.00. The molecule has 0 radical (unpaired) electrons. The molecule has 2 aromatic rings. The fourth-order valence-corrected chi connectivity index (χ4v) is 2.00. The van der Waals surface area contributed by atoms with E-state index in [0.29, 0.717) is 5.02 Å². The molecular formula is C16H16Cl2N2. The highest BCUT2D eigenvalue weighted by Gasteiger charge is 2.19. The Morgan fingerprint density at radius 3 is 2.30 bits per heavy atom. The monoisotopic (exact) mass is 306 g/mol. The first-order valence-corrected chi connectivity index (χ1v) is 7.22. The van der Waals surface area contributed by atoms with Gasteiger partial charge in [0.25, 0.3) is 0 Å². The fourth-order valence-electron chi connectivity index (χ4n) is 1.74. The molecule has 0 N–H and O–H groups in total. The molecular weight excluding hydrogens is 291 g/mol. The zero-order chi connectivity index (χ0) is 14.4. The van der Waals surface area contributed by atoms with Crippen molar-refractivity contribution in [2.75, 3.05) is 0 Å². The maximum atomic E-state index is 6.38. The second kappa shape index (κ2) is 6.87. The van der Waals surface area contributed by atoms with Gasteiger partial charge in [-0.3, -0.25) is 0 Å². The number of alkyl halides is 1. The van der Waals surface area contributed by atoms with E-state index in [2.05, 4.69) is 22.4 Å². The number of nitrogens with zero attached hydrogens (tertiary/aromatic N) is 2. The first-order chi connectivity index (χ1) is 9.55. The lowest BCUT2D eigenvalue weighted by Crippen LogP contribution is -2.13. The molecule has 0 aliphatic rings. The molecule has 0 heterocycles. The van der Waals surface area contributed by atoms with Gasteiger partial charge < -0.3 is 0 Å². The van der Waals surface area contributed by atoms with Crippen LogP contribution in [0.15, 0.2) is 64.8 Å². The van der Waals surface area contributed by atoms with Crippen LogP contribution in [0, 0.1) is 0 Å². The highest BCUT2D eigenvalue weighted by molar-refractivity contribution is 6.30. The summed E-state index contributed by atoms with van der Waals surface area (Å²) in [6, 6.07) is 17.4. The largest absolute Gasteiger partial charge is 0.166 e. The summed E-state index contributed by atoms with van der Waals surface area (Å²) in [6.45, 7) is 1.87. The predicted octanol–water partition coefficient (Wildman–Crippen LogP) is 6.01. The van der Waals surface area contributed by atoms with E-state index in [1.165, 1.54) is 5.56 Å². The van der Waals surface area contributed by atoms with Crippen LogP contribution in [0.2, 0.25) is 5.02 Å². The number of rotatable bonds is 5. The van der Waals surface area contributed by atoms with Gasteiger partial charge in [-0.1, -0.05) is 53.5 Å². The average Bonchev–Trinajstić information content (AvgIpc) is 2.46. The fraction of sp³-hybridized carbons (Fsp3) is 0.250. The molecule has 0 saturated carbocycles. The summed E-state index contributed by atoms with van der Waals surface area (Å²) >= 11 is 12.2. The number of aryl methyl sites for hydroxylation is 1. The van der Waals surface area contributed by atoms with Crippen LogP contribution < -0.4 is 0 Å². The van der Waals surface area contributed by atoms with E-state index in [0.717, 1.165) is 18.5 Å². The Balaban J connectivity index is 1.94. The van der Waals surface area contributed by atoms with Crippen molar-refractivity contribution in [1.82, 2.24) is 0 Å². The molecule has 0 amide bonds. The molecule has 0 bridgehead atoms. The summed E-state index contributed by atoms with van der Waals surface area (Å²) in [4.78, 5) is -0.699. The van der Waals surface area contributed by atoms with Gasteiger partial charge in [-0.25, -0.2) is 0 Å². The van der Waals surface area contributed by atoms with Crippen molar-refractivity contribution in [1.29, 1.82) is 0 Å². The molecule has 0 aliphatic carbocycles. The lowest BCUT2D eigenvalue weighted by Gasteiger charge is -2.15. The highest BCUT2D eigenvalue weighted by Crippen LogP contribution is 2.26.